The second kappa shape index (κ2) is 8.66. The highest BCUT2D eigenvalue weighted by atomic mass is 31.3. The number of phosphoric ester groups is 1. The summed E-state index contributed by atoms with van der Waals surface area (Å²) in [6, 6.07) is 1.07. The van der Waals surface area contributed by atoms with Crippen molar-refractivity contribution in [3.05, 3.63) is 16.7 Å². The Bertz CT molecular complexity index is 1310. The van der Waals surface area contributed by atoms with E-state index in [4.69, 9.17) is 15.5 Å². The molecule has 2 aromatic rings. The number of nitrogen functional groups attached to an aromatic ring is 1. The van der Waals surface area contributed by atoms with Gasteiger partial charge in [0, 0.05) is 6.04 Å². The number of aliphatic hydroxyl groups is 1. The summed E-state index contributed by atoms with van der Waals surface area (Å²) in [5, 5.41) is 20.1. The number of aliphatic hydroxyl groups excluding tert-OH is 1. The van der Waals surface area contributed by atoms with E-state index in [1.165, 1.54) is 10.9 Å². The molecule has 33 heavy (non-hydrogen) atoms. The van der Waals surface area contributed by atoms with Gasteiger partial charge in [-0.3, -0.25) is 14.3 Å². The first-order valence-corrected chi connectivity index (χ1v) is 13.2. The number of nitrogens with two attached hydrogens (primary N) is 1. The molecule has 2 aromatic heterocycles. The number of aromatic amines is 1. The number of phosphoric acid groups is 3. The molecular weight excluding hydrogens is 513 g/mol. The second-order valence-corrected chi connectivity index (χ2v) is 11.4. The first-order chi connectivity index (χ1) is 15.1. The van der Waals surface area contributed by atoms with Gasteiger partial charge in [0.25, 0.3) is 5.56 Å². The molecule has 1 fully saturated rings. The van der Waals surface area contributed by atoms with Gasteiger partial charge in [-0.15, -0.1) is 0 Å². The monoisotopic (exact) mass is 530 g/mol. The lowest BCUT2D eigenvalue weighted by molar-refractivity contribution is 0.0430. The maximum atomic E-state index is 12.0. The number of H-pyrrole nitrogens is 1. The summed E-state index contributed by atoms with van der Waals surface area (Å²) in [6.45, 7) is -0.992. The Labute approximate surface area is 183 Å². The highest BCUT2D eigenvalue weighted by Gasteiger charge is 2.51. The smallest absolute Gasteiger partial charge is 0.391 e. The molecule has 2 unspecified atom stereocenters. The Balaban J connectivity index is 1.79. The lowest BCUT2D eigenvalue weighted by Gasteiger charge is -2.25. The number of hydrogen-bond acceptors (Lipinski definition) is 12. The van der Waals surface area contributed by atoms with Crippen LogP contribution in [0.4, 0.5) is 5.95 Å². The Kier molecular flexibility index (Phi) is 6.72. The van der Waals surface area contributed by atoms with E-state index < -0.39 is 53.2 Å². The molecule has 5 atom stereocenters. The van der Waals surface area contributed by atoms with Gasteiger partial charge in [-0.05, 0) is 12.8 Å². The van der Waals surface area contributed by atoms with E-state index in [1.807, 2.05) is 0 Å². The number of aromatic nitrogens is 4. The zero-order chi connectivity index (χ0) is 24.8. The molecule has 0 aromatic carbocycles. The number of rotatable bonds is 8. The molecule has 0 aliphatic heterocycles. The summed E-state index contributed by atoms with van der Waals surface area (Å²) < 4.78 is 47.2. The standard InChI is InChI=1S/C12H17N6O12P3/c13-3-12(4-28-32(24,25)30-33(26,27)29-31(21,22)23)2-6(1-7(12)19)18-5-15-8-9(18)16-11(14)17-10(8)20/h5-7,19H,1-2,4H2,(H,24,25)(H,26,27)(H2,21,22,23)(H3,14,16,17,20)/t6-,7-,12-/m0/s1. The lowest BCUT2D eigenvalue weighted by Crippen LogP contribution is -2.33. The molecule has 0 bridgehead atoms. The van der Waals surface area contributed by atoms with Gasteiger partial charge in [-0.2, -0.15) is 18.9 Å². The van der Waals surface area contributed by atoms with E-state index in [9.17, 15) is 38.6 Å². The molecule has 1 aliphatic carbocycles. The zero-order valence-corrected chi connectivity index (χ0v) is 18.8. The summed E-state index contributed by atoms with van der Waals surface area (Å²) in [7, 11) is -16.8. The van der Waals surface area contributed by atoms with Crippen LogP contribution in [-0.4, -0.2) is 56.9 Å². The Hall–Kier alpha value is -1.99. The molecule has 1 aliphatic rings. The van der Waals surface area contributed by atoms with E-state index in [2.05, 4.69) is 28.1 Å². The van der Waals surface area contributed by atoms with Crippen molar-refractivity contribution >= 4 is 40.6 Å². The van der Waals surface area contributed by atoms with Gasteiger partial charge in [-0.25, -0.2) is 18.7 Å². The van der Waals surface area contributed by atoms with Crippen LogP contribution in [0.1, 0.15) is 18.9 Å². The third-order valence-corrected chi connectivity index (χ3v) is 8.48. The highest BCUT2D eigenvalue weighted by Crippen LogP contribution is 2.66. The van der Waals surface area contributed by atoms with Crippen molar-refractivity contribution in [1.29, 1.82) is 5.26 Å². The molecule has 182 valence electrons. The van der Waals surface area contributed by atoms with Gasteiger partial charge in [-0.1, -0.05) is 0 Å². The largest absolute Gasteiger partial charge is 0.490 e. The van der Waals surface area contributed by atoms with Gasteiger partial charge >= 0.3 is 23.5 Å². The maximum absolute atomic E-state index is 12.0. The van der Waals surface area contributed by atoms with Crippen LogP contribution >= 0.6 is 23.5 Å². The molecule has 3 rings (SSSR count). The number of imidazole rings is 1. The molecule has 0 amide bonds. The van der Waals surface area contributed by atoms with Crippen molar-refractivity contribution in [3.63, 3.8) is 0 Å². The predicted octanol–water partition coefficient (Wildman–Crippen LogP) is -0.749. The van der Waals surface area contributed by atoms with Crippen molar-refractivity contribution in [2.24, 2.45) is 5.41 Å². The van der Waals surface area contributed by atoms with Gasteiger partial charge in [0.05, 0.1) is 25.1 Å². The topological polar surface area (TPSA) is 293 Å². The normalized spacial score (nSPS) is 27.2. The van der Waals surface area contributed by atoms with Gasteiger partial charge in [0.1, 0.15) is 5.41 Å². The summed E-state index contributed by atoms with van der Waals surface area (Å²) >= 11 is 0. The Morgan fingerprint density at radius 3 is 2.55 bits per heavy atom. The summed E-state index contributed by atoms with van der Waals surface area (Å²) in [5.41, 5.74) is 3.10. The molecule has 0 radical (unpaired) electrons. The molecule has 21 heteroatoms. The summed E-state index contributed by atoms with van der Waals surface area (Å²) in [5.74, 6) is -0.202. The molecular formula is C12H17N6O12P3. The van der Waals surface area contributed by atoms with Crippen LogP contribution in [0, 0.1) is 16.7 Å². The van der Waals surface area contributed by atoms with Gasteiger partial charge < -0.3 is 35.0 Å². The van der Waals surface area contributed by atoms with E-state index in [1.54, 1.807) is 6.07 Å². The highest BCUT2D eigenvalue weighted by molar-refractivity contribution is 7.66. The number of hydrogen-bond donors (Lipinski definition) is 7. The first-order valence-electron chi connectivity index (χ1n) is 8.66. The van der Waals surface area contributed by atoms with Crippen LogP contribution in [0.3, 0.4) is 0 Å². The summed E-state index contributed by atoms with van der Waals surface area (Å²) in [4.78, 5) is 58.0. The van der Waals surface area contributed by atoms with Gasteiger partial charge in [0.15, 0.2) is 11.2 Å². The van der Waals surface area contributed by atoms with E-state index >= 15 is 0 Å². The summed E-state index contributed by atoms with van der Waals surface area (Å²) in [6.07, 6.45) is -0.524. The maximum Gasteiger partial charge on any atom is 0.490 e. The van der Waals surface area contributed by atoms with Crippen LogP contribution in [0.2, 0.25) is 0 Å². The lowest BCUT2D eigenvalue weighted by atomic mass is 9.87. The average Bonchev–Trinajstić information content (AvgIpc) is 3.18. The Morgan fingerprint density at radius 1 is 1.27 bits per heavy atom. The number of anilines is 1. The van der Waals surface area contributed by atoms with E-state index in [-0.39, 0.29) is 30.0 Å². The number of nitrogens with zero attached hydrogens (tertiary/aromatic N) is 4. The molecule has 0 saturated heterocycles. The average molecular weight is 530 g/mol. The van der Waals surface area contributed by atoms with Crippen LogP contribution in [0.25, 0.3) is 11.2 Å². The Morgan fingerprint density at radius 2 is 1.94 bits per heavy atom. The minimum absolute atomic E-state index is 0.0542. The molecule has 1 saturated carbocycles. The predicted molar refractivity (Wildman–Crippen MR) is 105 cm³/mol. The zero-order valence-electron chi connectivity index (χ0n) is 16.2. The van der Waals surface area contributed by atoms with Crippen molar-refractivity contribution in [3.8, 4) is 6.07 Å². The van der Waals surface area contributed by atoms with E-state index in [0.29, 0.717) is 0 Å². The van der Waals surface area contributed by atoms with Crippen LogP contribution in [0.15, 0.2) is 11.1 Å². The van der Waals surface area contributed by atoms with Crippen molar-refractivity contribution in [2.45, 2.75) is 25.0 Å². The fraction of sp³-hybridized carbons (Fsp3) is 0.500. The van der Waals surface area contributed by atoms with Crippen molar-refractivity contribution in [1.82, 2.24) is 19.5 Å². The second-order valence-electron chi connectivity index (χ2n) is 7.02. The first kappa shape index (κ1) is 25.6. The van der Waals surface area contributed by atoms with Gasteiger partial charge in [0.2, 0.25) is 5.95 Å². The van der Waals surface area contributed by atoms with Crippen molar-refractivity contribution < 1.29 is 51.5 Å². The minimum atomic E-state index is -5.74. The third-order valence-electron chi connectivity index (χ3n) is 4.70. The quantitative estimate of drug-likeness (QED) is 0.207. The molecule has 8 N–H and O–H groups in total. The van der Waals surface area contributed by atoms with Crippen LogP contribution in [-0.2, 0) is 26.8 Å². The fourth-order valence-corrected chi connectivity index (χ4v) is 6.44. The molecule has 18 nitrogen and oxygen atoms in total. The molecule has 2 heterocycles. The van der Waals surface area contributed by atoms with Crippen LogP contribution < -0.4 is 11.3 Å². The SMILES string of the molecule is N#C[C@]1(COP(=O)(O)OP(=O)(O)OP(=O)(O)O)C[C@@H](n2cnc3c(=O)[nH]c(N)nc32)C[C@@H]1O. The van der Waals surface area contributed by atoms with Crippen LogP contribution in [0.5, 0.6) is 0 Å². The third kappa shape index (κ3) is 5.75. The number of nitriles is 1. The fourth-order valence-electron chi connectivity index (χ4n) is 3.35. The number of nitrogens with one attached hydrogen (secondary N) is 1. The molecule has 0 spiro atoms. The minimum Gasteiger partial charge on any atom is -0.391 e. The van der Waals surface area contributed by atoms with E-state index in [0.717, 1.165) is 0 Å². The number of fused-ring (bicyclic) bond motifs is 1. The van der Waals surface area contributed by atoms with Crippen molar-refractivity contribution in [2.75, 3.05) is 12.3 Å².